The van der Waals surface area contributed by atoms with Crippen LogP contribution in [0.4, 0.5) is 0 Å². The van der Waals surface area contributed by atoms with Crippen LogP contribution in [0, 0.1) is 5.92 Å². The predicted octanol–water partition coefficient (Wildman–Crippen LogP) is 3.67. The molecule has 0 spiro atoms. The van der Waals surface area contributed by atoms with Crippen molar-refractivity contribution >= 4 is 0 Å². The predicted molar refractivity (Wildman–Crippen MR) is 81.1 cm³/mol. The van der Waals surface area contributed by atoms with Gasteiger partial charge in [0.15, 0.2) is 0 Å². The molecule has 0 aromatic carbocycles. The van der Waals surface area contributed by atoms with E-state index in [4.69, 9.17) is 0 Å². The Balaban J connectivity index is 1.97. The van der Waals surface area contributed by atoms with E-state index in [2.05, 4.69) is 31.0 Å². The molecular weight excluding hydrogens is 220 g/mol. The van der Waals surface area contributed by atoms with E-state index in [1.165, 1.54) is 71.1 Å². The number of unbranched alkanes of at least 4 members (excludes halogenated alkanes) is 2. The number of hydrogen-bond donors (Lipinski definition) is 1. The molecule has 0 bridgehead atoms. The molecule has 1 rings (SSSR count). The lowest BCUT2D eigenvalue weighted by atomic mass is 9.94. The fourth-order valence-corrected chi connectivity index (χ4v) is 2.89. The van der Waals surface area contributed by atoms with E-state index in [1.54, 1.807) is 0 Å². The summed E-state index contributed by atoms with van der Waals surface area (Å²) < 4.78 is 0. The molecule has 1 saturated heterocycles. The molecule has 0 aromatic rings. The molecule has 0 radical (unpaired) electrons. The first kappa shape index (κ1) is 16.0. The Kier molecular flexibility index (Phi) is 8.70. The Morgan fingerprint density at radius 2 is 1.89 bits per heavy atom. The molecule has 2 nitrogen and oxygen atoms in total. The van der Waals surface area contributed by atoms with Crippen LogP contribution >= 0.6 is 0 Å². The van der Waals surface area contributed by atoms with Crippen LogP contribution in [-0.2, 0) is 0 Å². The molecule has 1 fully saturated rings. The first-order valence-corrected chi connectivity index (χ1v) is 8.22. The quantitative estimate of drug-likeness (QED) is 0.632. The average molecular weight is 254 g/mol. The maximum atomic E-state index is 3.67. The second-order valence-corrected chi connectivity index (χ2v) is 6.04. The maximum absolute atomic E-state index is 3.67. The van der Waals surface area contributed by atoms with Gasteiger partial charge in [-0.3, -0.25) is 0 Å². The van der Waals surface area contributed by atoms with Crippen molar-refractivity contribution in [3.8, 4) is 0 Å². The van der Waals surface area contributed by atoms with Crippen molar-refractivity contribution in [3.63, 3.8) is 0 Å². The summed E-state index contributed by atoms with van der Waals surface area (Å²) >= 11 is 0. The van der Waals surface area contributed by atoms with E-state index in [1.807, 2.05) is 0 Å². The monoisotopic (exact) mass is 254 g/mol. The van der Waals surface area contributed by atoms with Crippen LogP contribution in [0.5, 0.6) is 0 Å². The van der Waals surface area contributed by atoms with E-state index < -0.39 is 0 Å². The van der Waals surface area contributed by atoms with E-state index >= 15 is 0 Å². The largest absolute Gasteiger partial charge is 0.313 e. The summed E-state index contributed by atoms with van der Waals surface area (Å²) in [4.78, 5) is 2.64. The van der Waals surface area contributed by atoms with Crippen LogP contribution < -0.4 is 5.32 Å². The molecule has 0 amide bonds. The van der Waals surface area contributed by atoms with Crippen LogP contribution in [0.15, 0.2) is 0 Å². The Bertz CT molecular complexity index is 186. The second kappa shape index (κ2) is 9.80. The Morgan fingerprint density at radius 3 is 2.50 bits per heavy atom. The highest BCUT2D eigenvalue weighted by molar-refractivity contribution is 4.72. The highest BCUT2D eigenvalue weighted by atomic mass is 15.1. The zero-order valence-corrected chi connectivity index (χ0v) is 12.9. The van der Waals surface area contributed by atoms with Crippen molar-refractivity contribution in [1.29, 1.82) is 0 Å². The SMILES string of the molecule is CCCCCC(C)NCCN1CCC(CC)CC1. The smallest absolute Gasteiger partial charge is 0.0107 e. The van der Waals surface area contributed by atoms with Gasteiger partial charge in [-0.15, -0.1) is 0 Å². The van der Waals surface area contributed by atoms with Crippen molar-refractivity contribution < 1.29 is 0 Å². The summed E-state index contributed by atoms with van der Waals surface area (Å²) in [6.07, 6.45) is 9.65. The van der Waals surface area contributed by atoms with E-state index in [9.17, 15) is 0 Å². The lowest BCUT2D eigenvalue weighted by Crippen LogP contribution is -2.40. The molecule has 1 unspecified atom stereocenters. The van der Waals surface area contributed by atoms with E-state index in [0.29, 0.717) is 6.04 Å². The second-order valence-electron chi connectivity index (χ2n) is 6.04. The third-order valence-electron chi connectivity index (χ3n) is 4.45. The molecule has 18 heavy (non-hydrogen) atoms. The first-order valence-electron chi connectivity index (χ1n) is 8.22. The number of nitrogens with zero attached hydrogens (tertiary/aromatic N) is 1. The molecule has 1 N–H and O–H groups in total. The van der Waals surface area contributed by atoms with Gasteiger partial charge < -0.3 is 10.2 Å². The number of piperidine rings is 1. The highest BCUT2D eigenvalue weighted by Crippen LogP contribution is 2.19. The van der Waals surface area contributed by atoms with Crippen molar-refractivity contribution in [2.45, 2.75) is 71.8 Å². The summed E-state index contributed by atoms with van der Waals surface area (Å²) in [6, 6.07) is 0.699. The zero-order valence-electron chi connectivity index (χ0n) is 12.9. The Labute approximate surface area is 115 Å². The minimum absolute atomic E-state index is 0.699. The number of likely N-dealkylation sites (tertiary alicyclic amines) is 1. The van der Waals surface area contributed by atoms with Gasteiger partial charge in [0, 0.05) is 19.1 Å². The number of nitrogens with one attached hydrogen (secondary N) is 1. The third-order valence-corrected chi connectivity index (χ3v) is 4.45. The zero-order chi connectivity index (χ0) is 13.2. The molecule has 1 heterocycles. The maximum Gasteiger partial charge on any atom is 0.0107 e. The summed E-state index contributed by atoms with van der Waals surface area (Å²) in [5.74, 6) is 1.00. The molecule has 0 aromatic heterocycles. The molecule has 108 valence electrons. The molecule has 1 atom stereocenters. The van der Waals surface area contributed by atoms with Gasteiger partial charge >= 0.3 is 0 Å². The summed E-state index contributed by atoms with van der Waals surface area (Å²) in [5, 5.41) is 3.67. The Morgan fingerprint density at radius 1 is 1.17 bits per heavy atom. The average Bonchev–Trinajstić information content (AvgIpc) is 2.40. The molecule has 1 aliphatic heterocycles. The molecule has 0 saturated carbocycles. The summed E-state index contributed by atoms with van der Waals surface area (Å²) in [6.45, 7) is 12.0. The van der Waals surface area contributed by atoms with Gasteiger partial charge in [-0.2, -0.15) is 0 Å². The highest BCUT2D eigenvalue weighted by Gasteiger charge is 2.17. The van der Waals surface area contributed by atoms with Crippen LogP contribution in [-0.4, -0.2) is 37.1 Å². The number of hydrogen-bond acceptors (Lipinski definition) is 2. The fourth-order valence-electron chi connectivity index (χ4n) is 2.89. The Hall–Kier alpha value is -0.0800. The summed E-state index contributed by atoms with van der Waals surface area (Å²) in [7, 11) is 0. The molecule has 1 aliphatic rings. The normalized spacial score (nSPS) is 20.2. The third kappa shape index (κ3) is 6.75. The molecule has 2 heteroatoms. The van der Waals surface area contributed by atoms with Gasteiger partial charge in [0.2, 0.25) is 0 Å². The topological polar surface area (TPSA) is 15.3 Å². The van der Waals surface area contributed by atoms with Crippen molar-refractivity contribution in [1.82, 2.24) is 10.2 Å². The van der Waals surface area contributed by atoms with Gasteiger partial charge in [-0.1, -0.05) is 39.5 Å². The van der Waals surface area contributed by atoms with Gasteiger partial charge in [-0.25, -0.2) is 0 Å². The van der Waals surface area contributed by atoms with Gasteiger partial charge in [-0.05, 0) is 45.2 Å². The van der Waals surface area contributed by atoms with Crippen LogP contribution in [0.25, 0.3) is 0 Å². The molecule has 0 aliphatic carbocycles. The standard InChI is InChI=1S/C16H34N2/c1-4-6-7-8-15(3)17-11-14-18-12-9-16(5-2)10-13-18/h15-17H,4-14H2,1-3H3. The van der Waals surface area contributed by atoms with Crippen molar-refractivity contribution in [2.24, 2.45) is 5.92 Å². The summed E-state index contributed by atoms with van der Waals surface area (Å²) in [5.41, 5.74) is 0. The number of rotatable bonds is 9. The van der Waals surface area contributed by atoms with Crippen molar-refractivity contribution in [2.75, 3.05) is 26.2 Å². The van der Waals surface area contributed by atoms with Gasteiger partial charge in [0.25, 0.3) is 0 Å². The van der Waals surface area contributed by atoms with Gasteiger partial charge in [0.05, 0.1) is 0 Å². The minimum atomic E-state index is 0.699. The lowest BCUT2D eigenvalue weighted by molar-refractivity contribution is 0.181. The van der Waals surface area contributed by atoms with Gasteiger partial charge in [0.1, 0.15) is 0 Å². The van der Waals surface area contributed by atoms with Crippen LogP contribution in [0.2, 0.25) is 0 Å². The van der Waals surface area contributed by atoms with Crippen LogP contribution in [0.3, 0.4) is 0 Å². The molecular formula is C16H34N2. The first-order chi connectivity index (χ1) is 8.76. The lowest BCUT2D eigenvalue weighted by Gasteiger charge is -2.31. The fraction of sp³-hybridized carbons (Fsp3) is 1.00. The minimum Gasteiger partial charge on any atom is -0.313 e. The van der Waals surface area contributed by atoms with Crippen molar-refractivity contribution in [3.05, 3.63) is 0 Å². The van der Waals surface area contributed by atoms with Crippen LogP contribution in [0.1, 0.15) is 65.7 Å². The van der Waals surface area contributed by atoms with E-state index in [0.717, 1.165) is 5.92 Å². The van der Waals surface area contributed by atoms with E-state index in [-0.39, 0.29) is 0 Å².